The Morgan fingerprint density at radius 1 is 1.07 bits per heavy atom. The minimum atomic E-state index is -1.22. The fraction of sp³-hybridized carbons (Fsp3) is 0.281. The highest BCUT2D eigenvalue weighted by atomic mass is 19.1. The number of nitrogens with one attached hydrogen (secondary N) is 3. The summed E-state index contributed by atoms with van der Waals surface area (Å²) in [6.07, 6.45) is 0.217. The van der Waals surface area contributed by atoms with Gasteiger partial charge in [0.1, 0.15) is 19.0 Å². The molecule has 4 N–H and O–H groups in total. The molecule has 1 heterocycles. The van der Waals surface area contributed by atoms with Crippen molar-refractivity contribution in [3.8, 4) is 23.0 Å². The van der Waals surface area contributed by atoms with E-state index in [1.54, 1.807) is 68.4 Å². The topological polar surface area (TPSA) is 149 Å². The van der Waals surface area contributed by atoms with E-state index in [4.69, 9.17) is 23.7 Å². The highest BCUT2D eigenvalue weighted by molar-refractivity contribution is 5.95. The van der Waals surface area contributed by atoms with Crippen LogP contribution in [0, 0.1) is 5.82 Å². The number of aliphatic hydroxyl groups is 1. The Bertz CT molecular complexity index is 1580. The maximum Gasteiger partial charge on any atom is 0.337 e. The third-order valence-corrected chi connectivity index (χ3v) is 6.66. The minimum absolute atomic E-state index is 0.0252. The molecule has 1 aliphatic rings. The average molecular weight is 623 g/mol. The highest BCUT2D eigenvalue weighted by Crippen LogP contribution is 2.35. The standard InChI is InChI=1S/C32H35FN4O8/c1-5-43-26-15-20(29-28(31(39)42-4)19(2)35-32(40)36-29)13-14-24(26)44-18-27(38)37-34-16-21-10-8-12-25(41-3)30(21)45-17-22-9-6-7-11-23(22)33/h6-16,27,29,37-38H,5,17-18H2,1-4H3,(H2,35,36,40)/b34-16+/t27-,29+/m0/s1. The van der Waals surface area contributed by atoms with Crippen LogP contribution in [0.25, 0.3) is 0 Å². The number of urea groups is 1. The number of amides is 2. The van der Waals surface area contributed by atoms with E-state index < -0.39 is 24.3 Å². The number of para-hydroxylation sites is 1. The summed E-state index contributed by atoms with van der Waals surface area (Å²) in [6.45, 7) is 3.49. The molecule has 3 aromatic carbocycles. The molecule has 4 rings (SSSR count). The van der Waals surface area contributed by atoms with Crippen molar-refractivity contribution in [1.29, 1.82) is 0 Å². The lowest BCUT2D eigenvalue weighted by Crippen LogP contribution is -2.45. The number of nitrogens with zero attached hydrogens (tertiary/aromatic N) is 1. The van der Waals surface area contributed by atoms with Crippen molar-refractivity contribution >= 4 is 18.2 Å². The second-order valence-electron chi connectivity index (χ2n) is 9.67. The van der Waals surface area contributed by atoms with Crippen molar-refractivity contribution in [3.63, 3.8) is 0 Å². The lowest BCUT2D eigenvalue weighted by Gasteiger charge is -2.28. The molecule has 3 aromatic rings. The molecular weight excluding hydrogens is 587 g/mol. The number of halogens is 1. The van der Waals surface area contributed by atoms with Crippen LogP contribution in [-0.4, -0.2) is 57.0 Å². The lowest BCUT2D eigenvalue weighted by atomic mass is 9.95. The van der Waals surface area contributed by atoms with Gasteiger partial charge in [0.2, 0.25) is 0 Å². The van der Waals surface area contributed by atoms with Crippen LogP contribution in [0.2, 0.25) is 0 Å². The lowest BCUT2D eigenvalue weighted by molar-refractivity contribution is -0.136. The zero-order chi connectivity index (χ0) is 32.3. The van der Waals surface area contributed by atoms with Crippen molar-refractivity contribution in [2.24, 2.45) is 5.10 Å². The third kappa shape index (κ3) is 8.21. The van der Waals surface area contributed by atoms with Crippen LogP contribution >= 0.6 is 0 Å². The first-order valence-corrected chi connectivity index (χ1v) is 14.0. The van der Waals surface area contributed by atoms with Crippen LogP contribution in [0.5, 0.6) is 23.0 Å². The summed E-state index contributed by atoms with van der Waals surface area (Å²) in [5.41, 5.74) is 4.69. The molecule has 0 saturated carbocycles. The zero-order valence-corrected chi connectivity index (χ0v) is 25.3. The number of hydrazone groups is 1. The molecule has 12 nitrogen and oxygen atoms in total. The van der Waals surface area contributed by atoms with Gasteiger partial charge in [0.15, 0.2) is 29.2 Å². The summed E-state index contributed by atoms with van der Waals surface area (Å²) in [5.74, 6) is 0.475. The fourth-order valence-corrected chi connectivity index (χ4v) is 4.53. The number of methoxy groups -OCH3 is 2. The van der Waals surface area contributed by atoms with Gasteiger partial charge in [-0.25, -0.2) is 14.0 Å². The van der Waals surface area contributed by atoms with Gasteiger partial charge in [-0.1, -0.05) is 30.3 Å². The molecule has 0 aromatic heterocycles. The Labute approximate surface area is 259 Å². The Morgan fingerprint density at radius 3 is 2.60 bits per heavy atom. The average Bonchev–Trinajstić information content (AvgIpc) is 3.03. The van der Waals surface area contributed by atoms with Gasteiger partial charge < -0.3 is 39.4 Å². The van der Waals surface area contributed by atoms with Gasteiger partial charge in [0.25, 0.3) is 0 Å². The summed E-state index contributed by atoms with van der Waals surface area (Å²) in [7, 11) is 2.76. The van der Waals surface area contributed by atoms with Gasteiger partial charge in [0.05, 0.1) is 38.7 Å². The SMILES string of the molecule is CCOc1cc([C@H]2NC(=O)NC(C)=C2C(=O)OC)ccc1OC[C@H](O)N/N=C/c1cccc(OC)c1OCc1ccccc1F. The molecule has 0 radical (unpaired) electrons. The number of carbonyl (C=O) groups excluding carboxylic acids is 2. The number of hydrogen-bond donors (Lipinski definition) is 4. The molecule has 2 amide bonds. The third-order valence-electron chi connectivity index (χ3n) is 6.66. The van der Waals surface area contributed by atoms with E-state index in [-0.39, 0.29) is 24.6 Å². The molecule has 238 valence electrons. The van der Waals surface area contributed by atoms with Crippen molar-refractivity contribution in [2.75, 3.05) is 27.4 Å². The van der Waals surface area contributed by atoms with E-state index in [9.17, 15) is 19.1 Å². The summed E-state index contributed by atoms with van der Waals surface area (Å²) in [4.78, 5) is 24.6. The normalized spacial score (nSPS) is 15.2. The first kappa shape index (κ1) is 32.6. The first-order chi connectivity index (χ1) is 21.7. The second kappa shape index (κ2) is 15.4. The quantitative estimate of drug-likeness (QED) is 0.0908. The minimum Gasteiger partial charge on any atom is -0.493 e. The van der Waals surface area contributed by atoms with E-state index >= 15 is 0 Å². The van der Waals surface area contributed by atoms with Crippen LogP contribution in [-0.2, 0) is 16.1 Å². The Kier molecular flexibility index (Phi) is 11.2. The Hall–Kier alpha value is -5.30. The van der Waals surface area contributed by atoms with Crippen LogP contribution < -0.4 is 35.0 Å². The predicted molar refractivity (Wildman–Crippen MR) is 163 cm³/mol. The summed E-state index contributed by atoms with van der Waals surface area (Å²) in [5, 5.41) is 19.9. The molecule has 13 heteroatoms. The first-order valence-electron chi connectivity index (χ1n) is 14.0. The van der Waals surface area contributed by atoms with Crippen molar-refractivity contribution in [1.82, 2.24) is 16.1 Å². The maximum atomic E-state index is 14.1. The van der Waals surface area contributed by atoms with Gasteiger partial charge in [-0.3, -0.25) is 5.43 Å². The number of carbonyl (C=O) groups is 2. The molecular formula is C32H35FN4O8. The molecule has 2 atom stereocenters. The van der Waals surface area contributed by atoms with Gasteiger partial charge in [-0.2, -0.15) is 5.10 Å². The number of esters is 1. The number of allylic oxidation sites excluding steroid dienone is 1. The number of ether oxygens (including phenoxy) is 5. The zero-order valence-electron chi connectivity index (χ0n) is 25.3. The summed E-state index contributed by atoms with van der Waals surface area (Å²) >= 11 is 0. The molecule has 0 aliphatic carbocycles. The molecule has 0 fully saturated rings. The highest BCUT2D eigenvalue weighted by Gasteiger charge is 2.32. The number of benzene rings is 3. The molecule has 1 aliphatic heterocycles. The predicted octanol–water partition coefficient (Wildman–Crippen LogP) is 3.93. The molecule has 0 spiro atoms. The van der Waals surface area contributed by atoms with E-state index in [0.29, 0.717) is 52.0 Å². The van der Waals surface area contributed by atoms with Crippen LogP contribution in [0.4, 0.5) is 9.18 Å². The smallest absolute Gasteiger partial charge is 0.337 e. The van der Waals surface area contributed by atoms with Crippen LogP contribution in [0.15, 0.2) is 77.0 Å². The van der Waals surface area contributed by atoms with Crippen molar-refractivity contribution < 1.29 is 42.8 Å². The second-order valence-corrected chi connectivity index (χ2v) is 9.67. The van der Waals surface area contributed by atoms with Gasteiger partial charge in [0, 0.05) is 16.8 Å². The maximum absolute atomic E-state index is 14.1. The van der Waals surface area contributed by atoms with E-state index in [2.05, 4.69) is 21.2 Å². The molecule has 0 bridgehead atoms. The number of hydrogen-bond acceptors (Lipinski definition) is 10. The van der Waals surface area contributed by atoms with E-state index in [0.717, 1.165) is 0 Å². The van der Waals surface area contributed by atoms with Crippen molar-refractivity contribution in [2.45, 2.75) is 32.7 Å². The van der Waals surface area contributed by atoms with E-state index in [1.165, 1.54) is 26.5 Å². The summed E-state index contributed by atoms with van der Waals surface area (Å²) < 4.78 is 41.8. The largest absolute Gasteiger partial charge is 0.493 e. The Balaban J connectivity index is 1.42. The van der Waals surface area contributed by atoms with Crippen molar-refractivity contribution in [3.05, 3.63) is 94.4 Å². The Morgan fingerprint density at radius 2 is 1.87 bits per heavy atom. The van der Waals surface area contributed by atoms with Gasteiger partial charge >= 0.3 is 12.0 Å². The summed E-state index contributed by atoms with van der Waals surface area (Å²) in [6, 6.07) is 15.2. The molecule has 45 heavy (non-hydrogen) atoms. The fourth-order valence-electron chi connectivity index (χ4n) is 4.53. The number of aliphatic hydroxyl groups excluding tert-OH is 1. The monoisotopic (exact) mass is 622 g/mol. The van der Waals surface area contributed by atoms with Gasteiger partial charge in [-0.15, -0.1) is 0 Å². The van der Waals surface area contributed by atoms with Crippen LogP contribution in [0.3, 0.4) is 0 Å². The van der Waals surface area contributed by atoms with Crippen LogP contribution in [0.1, 0.15) is 36.6 Å². The van der Waals surface area contributed by atoms with E-state index in [1.807, 2.05) is 0 Å². The molecule has 0 unspecified atom stereocenters. The van der Waals surface area contributed by atoms with Gasteiger partial charge in [-0.05, 0) is 49.7 Å². The number of rotatable bonds is 14. The molecule has 0 saturated heterocycles.